The molecule has 1 N–H and O–H groups in total. The number of hydrogen-bond donors (Lipinski definition) is 1. The molecule has 1 aromatic carbocycles. The van der Waals surface area contributed by atoms with Crippen molar-refractivity contribution in [1.29, 1.82) is 0 Å². The maximum absolute atomic E-state index is 14.1. The second-order valence-electron chi connectivity index (χ2n) is 4.53. The number of sulfonamides is 1. The van der Waals surface area contributed by atoms with Crippen molar-refractivity contribution in [3.05, 3.63) is 29.3 Å². The van der Waals surface area contributed by atoms with Gasteiger partial charge in [-0.25, -0.2) is 17.2 Å². The Morgan fingerprint density at radius 2 is 2.15 bits per heavy atom. The topological polar surface area (TPSA) is 57.6 Å². The first-order chi connectivity index (χ1) is 9.39. The van der Waals surface area contributed by atoms with Gasteiger partial charge in [-0.3, -0.25) is 0 Å². The first kappa shape index (κ1) is 15.7. The van der Waals surface area contributed by atoms with Gasteiger partial charge >= 0.3 is 0 Å². The molecular formula is C12H15F2NO3S2. The Hall–Kier alpha value is -0.700. The Bertz CT molecular complexity index is 601. The summed E-state index contributed by atoms with van der Waals surface area (Å²) in [7, 11) is -2.64. The number of halogens is 2. The van der Waals surface area contributed by atoms with Crippen LogP contribution in [0.3, 0.4) is 0 Å². The Labute approximate surface area is 120 Å². The van der Waals surface area contributed by atoms with Crippen LogP contribution in [0.1, 0.15) is 12.0 Å². The Kier molecular flexibility index (Phi) is 4.68. The average molecular weight is 323 g/mol. The molecule has 1 unspecified atom stereocenters. The predicted octanol–water partition coefficient (Wildman–Crippen LogP) is 1.58. The molecule has 0 radical (unpaired) electrons. The highest BCUT2D eigenvalue weighted by Crippen LogP contribution is 2.28. The molecule has 2 rings (SSSR count). The third-order valence-electron chi connectivity index (χ3n) is 3.39. The number of hydrogen-bond acceptors (Lipinski definition) is 4. The molecule has 1 aliphatic rings. The fourth-order valence-corrected chi connectivity index (χ4v) is 4.92. The fraction of sp³-hybridized carbons (Fsp3) is 0.500. The second kappa shape index (κ2) is 5.97. The van der Waals surface area contributed by atoms with Crippen molar-refractivity contribution >= 4 is 21.8 Å². The molecule has 20 heavy (non-hydrogen) atoms. The summed E-state index contributed by atoms with van der Waals surface area (Å²) in [5.74, 6) is -0.656. The normalized spacial score (nSPS) is 19.8. The lowest BCUT2D eigenvalue weighted by Crippen LogP contribution is -2.37. The van der Waals surface area contributed by atoms with Crippen LogP contribution in [-0.2, 0) is 16.6 Å². The Balaban J connectivity index is 2.44. The summed E-state index contributed by atoms with van der Waals surface area (Å²) >= 11 is 1.64. The maximum atomic E-state index is 14.1. The lowest BCUT2D eigenvalue weighted by molar-refractivity contribution is 0.267. The molecular weight excluding hydrogens is 308 g/mol. The van der Waals surface area contributed by atoms with Crippen molar-refractivity contribution in [1.82, 2.24) is 4.31 Å². The second-order valence-corrected chi connectivity index (χ2v) is 7.65. The van der Waals surface area contributed by atoms with E-state index in [9.17, 15) is 17.2 Å². The van der Waals surface area contributed by atoms with Crippen LogP contribution >= 0.6 is 11.8 Å². The molecule has 0 spiro atoms. The maximum Gasteiger partial charge on any atom is 0.246 e. The van der Waals surface area contributed by atoms with Gasteiger partial charge in [0.25, 0.3) is 0 Å². The zero-order valence-corrected chi connectivity index (χ0v) is 12.5. The first-order valence-electron chi connectivity index (χ1n) is 6.03. The average Bonchev–Trinajstić information content (AvgIpc) is 2.91. The molecule has 0 saturated carbocycles. The van der Waals surface area contributed by atoms with Gasteiger partial charge < -0.3 is 5.11 Å². The van der Waals surface area contributed by atoms with Gasteiger partial charge in [0, 0.05) is 18.8 Å². The first-order valence-corrected chi connectivity index (χ1v) is 8.62. The van der Waals surface area contributed by atoms with Crippen molar-refractivity contribution in [2.75, 3.05) is 18.6 Å². The molecule has 1 fully saturated rings. The van der Waals surface area contributed by atoms with Crippen LogP contribution in [0.2, 0.25) is 0 Å². The van der Waals surface area contributed by atoms with Gasteiger partial charge in [-0.15, -0.1) is 0 Å². The molecule has 0 aromatic heterocycles. The summed E-state index contributed by atoms with van der Waals surface area (Å²) in [6.45, 7) is -0.885. The van der Waals surface area contributed by atoms with Gasteiger partial charge in [0.2, 0.25) is 10.0 Å². The van der Waals surface area contributed by atoms with Gasteiger partial charge in [-0.2, -0.15) is 16.1 Å². The molecule has 1 aromatic rings. The number of benzene rings is 1. The summed E-state index contributed by atoms with van der Waals surface area (Å²) in [5.41, 5.74) is -0.625. The van der Waals surface area contributed by atoms with Crippen LogP contribution in [0.15, 0.2) is 17.0 Å². The number of thioether (sulfide) groups is 1. The highest BCUT2D eigenvalue weighted by atomic mass is 32.2. The van der Waals surface area contributed by atoms with E-state index in [1.54, 1.807) is 11.8 Å². The summed E-state index contributed by atoms with van der Waals surface area (Å²) in [6.07, 6.45) is 0.704. The SMILES string of the molecule is CN(C1CCSC1)S(=O)(=O)c1ccc(F)c(CO)c1F. The van der Waals surface area contributed by atoms with Crippen LogP contribution < -0.4 is 0 Å². The van der Waals surface area contributed by atoms with Gasteiger partial charge in [0.1, 0.15) is 10.7 Å². The van der Waals surface area contributed by atoms with E-state index in [0.29, 0.717) is 12.2 Å². The number of nitrogens with zero attached hydrogens (tertiary/aromatic N) is 1. The van der Waals surface area contributed by atoms with Crippen molar-refractivity contribution in [3.8, 4) is 0 Å². The van der Waals surface area contributed by atoms with E-state index in [4.69, 9.17) is 5.11 Å². The fourth-order valence-electron chi connectivity index (χ4n) is 2.08. The van der Waals surface area contributed by atoms with Crippen LogP contribution in [0, 0.1) is 11.6 Å². The largest absolute Gasteiger partial charge is 0.391 e. The molecule has 0 bridgehead atoms. The minimum Gasteiger partial charge on any atom is -0.391 e. The van der Waals surface area contributed by atoms with Gasteiger partial charge in [0.15, 0.2) is 5.82 Å². The van der Waals surface area contributed by atoms with E-state index in [1.165, 1.54) is 7.05 Å². The minimum atomic E-state index is -4.04. The van der Waals surface area contributed by atoms with Crippen LogP contribution in [0.25, 0.3) is 0 Å². The van der Waals surface area contributed by atoms with E-state index < -0.39 is 38.7 Å². The molecule has 8 heteroatoms. The van der Waals surface area contributed by atoms with E-state index in [1.807, 2.05) is 0 Å². The van der Waals surface area contributed by atoms with E-state index in [-0.39, 0.29) is 6.04 Å². The van der Waals surface area contributed by atoms with Crippen LogP contribution in [-0.4, -0.2) is 42.4 Å². The van der Waals surface area contributed by atoms with Crippen molar-refractivity contribution < 1.29 is 22.3 Å². The standard InChI is InChI=1S/C12H15F2NO3S2/c1-15(8-4-5-19-7-8)20(17,18)11-3-2-10(13)9(6-16)12(11)14/h2-3,8,16H,4-7H2,1H3. The lowest BCUT2D eigenvalue weighted by Gasteiger charge is -2.23. The number of aliphatic hydroxyl groups is 1. The highest BCUT2D eigenvalue weighted by molar-refractivity contribution is 7.99. The third kappa shape index (κ3) is 2.69. The zero-order valence-electron chi connectivity index (χ0n) is 10.8. The monoisotopic (exact) mass is 323 g/mol. The smallest absolute Gasteiger partial charge is 0.246 e. The third-order valence-corrected chi connectivity index (χ3v) is 6.46. The van der Waals surface area contributed by atoms with E-state index in [0.717, 1.165) is 22.2 Å². The van der Waals surface area contributed by atoms with Crippen molar-refractivity contribution in [2.45, 2.75) is 24.0 Å². The number of rotatable bonds is 4. The zero-order chi connectivity index (χ0) is 14.9. The number of aliphatic hydroxyl groups excluding tert-OH is 1. The molecule has 4 nitrogen and oxygen atoms in total. The van der Waals surface area contributed by atoms with Crippen LogP contribution in [0.5, 0.6) is 0 Å². The Morgan fingerprint density at radius 1 is 1.45 bits per heavy atom. The summed E-state index contributed by atoms with van der Waals surface area (Å²) < 4.78 is 53.3. The van der Waals surface area contributed by atoms with Crippen LogP contribution in [0.4, 0.5) is 8.78 Å². The minimum absolute atomic E-state index is 0.188. The van der Waals surface area contributed by atoms with Gasteiger partial charge in [-0.05, 0) is 24.3 Å². The highest BCUT2D eigenvalue weighted by Gasteiger charge is 2.33. The van der Waals surface area contributed by atoms with Crippen molar-refractivity contribution in [2.24, 2.45) is 0 Å². The molecule has 0 amide bonds. The van der Waals surface area contributed by atoms with Crippen molar-refractivity contribution in [3.63, 3.8) is 0 Å². The molecule has 1 atom stereocenters. The summed E-state index contributed by atoms with van der Waals surface area (Å²) in [4.78, 5) is -0.595. The predicted molar refractivity (Wildman–Crippen MR) is 73.0 cm³/mol. The van der Waals surface area contributed by atoms with Gasteiger partial charge in [-0.1, -0.05) is 0 Å². The molecule has 1 saturated heterocycles. The van der Waals surface area contributed by atoms with E-state index >= 15 is 0 Å². The molecule has 1 aliphatic heterocycles. The van der Waals surface area contributed by atoms with E-state index in [2.05, 4.69) is 0 Å². The summed E-state index contributed by atoms with van der Waals surface area (Å²) in [6, 6.07) is 1.57. The molecule has 112 valence electrons. The Morgan fingerprint density at radius 3 is 2.70 bits per heavy atom. The molecule has 1 heterocycles. The lowest BCUT2D eigenvalue weighted by atomic mass is 10.2. The summed E-state index contributed by atoms with van der Waals surface area (Å²) in [5, 5.41) is 8.95. The quantitative estimate of drug-likeness (QED) is 0.914. The molecule has 0 aliphatic carbocycles. The van der Waals surface area contributed by atoms with Gasteiger partial charge in [0.05, 0.1) is 12.2 Å².